The summed E-state index contributed by atoms with van der Waals surface area (Å²) < 4.78 is 2.24. The van der Waals surface area contributed by atoms with Crippen molar-refractivity contribution in [1.82, 2.24) is 14.8 Å². The molecule has 0 bridgehead atoms. The monoisotopic (exact) mass is 239 g/mol. The Bertz CT molecular complexity index is 389. The summed E-state index contributed by atoms with van der Waals surface area (Å²) in [5, 5.41) is 8.60. The van der Waals surface area contributed by atoms with Gasteiger partial charge in [0.15, 0.2) is 0 Å². The molecule has 2 unspecified atom stereocenters. The predicted octanol–water partition coefficient (Wildman–Crippen LogP) is 3.11. The molecule has 16 heavy (non-hydrogen) atoms. The molecular weight excluding hydrogens is 222 g/mol. The zero-order valence-corrected chi connectivity index (χ0v) is 10.6. The van der Waals surface area contributed by atoms with Gasteiger partial charge in [0.05, 0.1) is 5.88 Å². The summed E-state index contributed by atoms with van der Waals surface area (Å²) in [6.45, 7) is 4.36. The summed E-state index contributed by atoms with van der Waals surface area (Å²) in [6.07, 6.45) is 4.09. The van der Waals surface area contributed by atoms with Gasteiger partial charge in [-0.15, -0.1) is 21.8 Å². The topological polar surface area (TPSA) is 30.7 Å². The molecule has 0 N–H and O–H groups in total. The first-order valence-electron chi connectivity index (χ1n) is 6.20. The first-order chi connectivity index (χ1) is 7.70. The molecule has 1 heterocycles. The van der Waals surface area contributed by atoms with Crippen LogP contribution in [-0.4, -0.2) is 14.8 Å². The highest BCUT2D eigenvalue weighted by molar-refractivity contribution is 6.16. The lowest BCUT2D eigenvalue weighted by molar-refractivity contribution is 0.496. The Morgan fingerprint density at radius 1 is 1.25 bits per heavy atom. The highest BCUT2D eigenvalue weighted by Crippen LogP contribution is 2.57. The summed E-state index contributed by atoms with van der Waals surface area (Å²) in [5.74, 6) is 5.18. The molecule has 0 radical (unpaired) electrons. The lowest BCUT2D eigenvalue weighted by Gasteiger charge is -2.17. The molecule has 2 aliphatic rings. The second kappa shape index (κ2) is 3.73. The molecule has 0 aliphatic heterocycles. The molecule has 2 saturated carbocycles. The maximum atomic E-state index is 5.91. The van der Waals surface area contributed by atoms with Gasteiger partial charge in [-0.05, 0) is 44.9 Å². The predicted molar refractivity (Wildman–Crippen MR) is 63.5 cm³/mol. The van der Waals surface area contributed by atoms with Crippen LogP contribution in [0.1, 0.15) is 56.7 Å². The van der Waals surface area contributed by atoms with Crippen LogP contribution in [0.15, 0.2) is 0 Å². The minimum absolute atomic E-state index is 0.413. The molecule has 3 nitrogen and oxygen atoms in total. The van der Waals surface area contributed by atoms with Crippen LogP contribution in [0.2, 0.25) is 0 Å². The molecular formula is C12H18ClN3. The SMILES string of the molecule is CC(C)n1c(CCl)nnc1C1CC2CC2C1. The zero-order chi connectivity index (χ0) is 11.3. The summed E-state index contributed by atoms with van der Waals surface area (Å²) in [5.41, 5.74) is 0. The van der Waals surface area contributed by atoms with Gasteiger partial charge in [-0.25, -0.2) is 0 Å². The van der Waals surface area contributed by atoms with Crippen molar-refractivity contribution in [3.63, 3.8) is 0 Å². The third kappa shape index (κ3) is 1.56. The van der Waals surface area contributed by atoms with Gasteiger partial charge in [-0.3, -0.25) is 0 Å². The highest BCUT2D eigenvalue weighted by atomic mass is 35.5. The van der Waals surface area contributed by atoms with Crippen LogP contribution < -0.4 is 0 Å². The van der Waals surface area contributed by atoms with Crippen molar-refractivity contribution in [2.45, 2.75) is 50.9 Å². The van der Waals surface area contributed by atoms with Gasteiger partial charge in [0.2, 0.25) is 0 Å². The van der Waals surface area contributed by atoms with Crippen LogP contribution in [0.5, 0.6) is 0 Å². The van der Waals surface area contributed by atoms with Crippen LogP contribution in [0, 0.1) is 11.8 Å². The molecule has 88 valence electrons. The van der Waals surface area contributed by atoms with E-state index in [1.807, 2.05) is 0 Å². The number of nitrogens with zero attached hydrogens (tertiary/aromatic N) is 3. The summed E-state index contributed by atoms with van der Waals surface area (Å²) in [7, 11) is 0. The van der Waals surface area contributed by atoms with Gasteiger partial charge in [0.1, 0.15) is 11.6 Å². The van der Waals surface area contributed by atoms with E-state index in [-0.39, 0.29) is 0 Å². The van der Waals surface area contributed by atoms with E-state index in [2.05, 4.69) is 28.6 Å². The minimum Gasteiger partial charge on any atom is -0.311 e. The molecule has 0 amide bonds. The van der Waals surface area contributed by atoms with Crippen molar-refractivity contribution in [3.05, 3.63) is 11.6 Å². The van der Waals surface area contributed by atoms with Crippen molar-refractivity contribution in [1.29, 1.82) is 0 Å². The first kappa shape index (κ1) is 10.6. The summed E-state index contributed by atoms with van der Waals surface area (Å²) >= 11 is 5.91. The largest absolute Gasteiger partial charge is 0.311 e. The van der Waals surface area contributed by atoms with Crippen molar-refractivity contribution < 1.29 is 0 Å². The Morgan fingerprint density at radius 3 is 2.50 bits per heavy atom. The van der Waals surface area contributed by atoms with Gasteiger partial charge >= 0.3 is 0 Å². The van der Waals surface area contributed by atoms with Crippen LogP contribution in [0.4, 0.5) is 0 Å². The van der Waals surface area contributed by atoms with E-state index in [9.17, 15) is 0 Å². The van der Waals surface area contributed by atoms with E-state index in [1.165, 1.54) is 25.1 Å². The first-order valence-corrected chi connectivity index (χ1v) is 6.73. The Hall–Kier alpha value is -0.570. The number of fused-ring (bicyclic) bond motifs is 1. The quantitative estimate of drug-likeness (QED) is 0.759. The van der Waals surface area contributed by atoms with E-state index in [0.29, 0.717) is 17.8 Å². The third-order valence-electron chi connectivity index (χ3n) is 4.04. The van der Waals surface area contributed by atoms with Crippen molar-refractivity contribution in [3.8, 4) is 0 Å². The van der Waals surface area contributed by atoms with Gasteiger partial charge in [0, 0.05) is 12.0 Å². The highest BCUT2D eigenvalue weighted by Gasteiger charge is 2.47. The van der Waals surface area contributed by atoms with Crippen LogP contribution >= 0.6 is 11.6 Å². The summed E-state index contributed by atoms with van der Waals surface area (Å²) in [6, 6.07) is 0.413. The standard InChI is InChI=1S/C12H18ClN3/c1-7(2)16-11(6-13)14-15-12(16)10-4-8-3-9(8)5-10/h7-10H,3-6H2,1-2H3. The average Bonchev–Trinajstić information content (AvgIpc) is 2.75. The molecule has 3 rings (SSSR count). The number of rotatable bonds is 3. The van der Waals surface area contributed by atoms with Crippen molar-refractivity contribution >= 4 is 11.6 Å². The Kier molecular flexibility index (Phi) is 2.46. The lowest BCUT2D eigenvalue weighted by Crippen LogP contribution is -2.12. The fourth-order valence-corrected chi connectivity index (χ4v) is 3.38. The van der Waals surface area contributed by atoms with Crippen molar-refractivity contribution in [2.24, 2.45) is 11.8 Å². The van der Waals surface area contributed by atoms with E-state index >= 15 is 0 Å². The normalized spacial score (nSPS) is 32.1. The van der Waals surface area contributed by atoms with Gasteiger partial charge in [0.25, 0.3) is 0 Å². The molecule has 2 atom stereocenters. The fourth-order valence-electron chi connectivity index (χ4n) is 3.20. The molecule has 2 aliphatic carbocycles. The maximum Gasteiger partial charge on any atom is 0.148 e. The smallest absolute Gasteiger partial charge is 0.148 e. The molecule has 0 saturated heterocycles. The summed E-state index contributed by atoms with van der Waals surface area (Å²) in [4.78, 5) is 0. The molecule has 1 aromatic rings. The third-order valence-corrected chi connectivity index (χ3v) is 4.28. The van der Waals surface area contributed by atoms with Crippen molar-refractivity contribution in [2.75, 3.05) is 0 Å². The van der Waals surface area contributed by atoms with Crippen LogP contribution in [-0.2, 0) is 5.88 Å². The van der Waals surface area contributed by atoms with Gasteiger partial charge < -0.3 is 4.57 Å². The van der Waals surface area contributed by atoms with E-state index in [1.54, 1.807) is 0 Å². The Morgan fingerprint density at radius 2 is 1.94 bits per heavy atom. The van der Waals surface area contributed by atoms with Crippen LogP contribution in [0.25, 0.3) is 0 Å². The number of halogens is 1. The van der Waals surface area contributed by atoms with E-state index in [0.717, 1.165) is 17.7 Å². The molecule has 2 fully saturated rings. The molecule has 4 heteroatoms. The average molecular weight is 240 g/mol. The maximum absolute atomic E-state index is 5.91. The number of aromatic nitrogens is 3. The number of hydrogen-bond acceptors (Lipinski definition) is 2. The molecule has 1 aromatic heterocycles. The Labute approximate surface area is 101 Å². The fraction of sp³-hybridized carbons (Fsp3) is 0.833. The second-order valence-corrected chi connectivity index (χ2v) is 5.76. The minimum atomic E-state index is 0.413. The Balaban J connectivity index is 1.90. The number of hydrogen-bond donors (Lipinski definition) is 0. The van der Waals surface area contributed by atoms with Gasteiger partial charge in [-0.2, -0.15) is 0 Å². The molecule has 0 aromatic carbocycles. The second-order valence-electron chi connectivity index (χ2n) is 5.50. The van der Waals surface area contributed by atoms with Gasteiger partial charge in [-0.1, -0.05) is 0 Å². The van der Waals surface area contributed by atoms with E-state index in [4.69, 9.17) is 11.6 Å². The lowest BCUT2D eigenvalue weighted by atomic mass is 10.0. The zero-order valence-electron chi connectivity index (χ0n) is 9.86. The molecule has 0 spiro atoms. The van der Waals surface area contributed by atoms with E-state index < -0.39 is 0 Å². The van der Waals surface area contributed by atoms with Crippen LogP contribution in [0.3, 0.4) is 0 Å². The number of alkyl halides is 1.